The van der Waals surface area contributed by atoms with Crippen molar-refractivity contribution in [2.75, 3.05) is 0 Å². The summed E-state index contributed by atoms with van der Waals surface area (Å²) >= 11 is 5.95. The molecule has 1 aliphatic carbocycles. The van der Waals surface area contributed by atoms with E-state index in [1.807, 2.05) is 6.07 Å². The number of ketones is 1. The van der Waals surface area contributed by atoms with E-state index in [-0.39, 0.29) is 18.1 Å². The molecule has 1 aliphatic heterocycles. The molecule has 0 amide bonds. The Morgan fingerprint density at radius 2 is 2.26 bits per heavy atom. The maximum Gasteiger partial charge on any atom is 0.166 e. The number of carbonyl (C=O) groups excluding carboxylic acids is 1. The van der Waals surface area contributed by atoms with Crippen molar-refractivity contribution in [1.29, 1.82) is 5.26 Å². The predicted molar refractivity (Wildman–Crippen MR) is 70.7 cm³/mol. The summed E-state index contributed by atoms with van der Waals surface area (Å²) in [6, 6.07) is 7.51. The van der Waals surface area contributed by atoms with E-state index in [0.29, 0.717) is 23.0 Å². The Bertz CT molecular complexity index is 667. The summed E-state index contributed by atoms with van der Waals surface area (Å²) in [5, 5.41) is 9.43. The molecule has 1 aromatic carbocycles. The molecule has 1 heterocycles. The van der Waals surface area contributed by atoms with Crippen LogP contribution in [0.2, 0.25) is 5.02 Å². The lowest BCUT2D eigenvalue weighted by molar-refractivity contribution is -0.118. The lowest BCUT2D eigenvalue weighted by Crippen LogP contribution is -2.28. The molecule has 0 N–H and O–H groups in total. The first-order chi connectivity index (χ1) is 9.19. The first kappa shape index (κ1) is 12.0. The molecule has 0 spiro atoms. The van der Waals surface area contributed by atoms with Gasteiger partial charge in [-0.1, -0.05) is 23.7 Å². The van der Waals surface area contributed by atoms with Gasteiger partial charge in [0.05, 0.1) is 18.4 Å². The highest BCUT2D eigenvalue weighted by Crippen LogP contribution is 2.38. The molecule has 19 heavy (non-hydrogen) atoms. The van der Waals surface area contributed by atoms with Gasteiger partial charge in [-0.25, -0.2) is 0 Å². The number of halogens is 1. The minimum atomic E-state index is -0.304. The Morgan fingerprint density at radius 3 is 3.05 bits per heavy atom. The van der Waals surface area contributed by atoms with Crippen LogP contribution in [-0.4, -0.2) is 5.78 Å². The molecule has 1 unspecified atom stereocenters. The average molecular weight is 272 g/mol. The van der Waals surface area contributed by atoms with Gasteiger partial charge in [-0.3, -0.25) is 4.79 Å². The van der Waals surface area contributed by atoms with Crippen LogP contribution >= 0.6 is 11.6 Å². The zero-order valence-electron chi connectivity index (χ0n) is 10.0. The van der Waals surface area contributed by atoms with Crippen LogP contribution in [0.4, 0.5) is 0 Å². The Labute approximate surface area is 115 Å². The monoisotopic (exact) mass is 271 g/mol. The molecule has 0 saturated carbocycles. The van der Waals surface area contributed by atoms with E-state index in [1.54, 1.807) is 18.2 Å². The molecule has 0 fully saturated rings. The van der Waals surface area contributed by atoms with Crippen LogP contribution in [-0.2, 0) is 11.2 Å². The summed E-state index contributed by atoms with van der Waals surface area (Å²) in [6.07, 6.45) is 4.05. The van der Waals surface area contributed by atoms with Crippen LogP contribution in [0.5, 0.6) is 5.75 Å². The van der Waals surface area contributed by atoms with E-state index in [2.05, 4.69) is 6.07 Å². The average Bonchev–Trinajstić information content (AvgIpc) is 2.40. The molecule has 0 saturated heterocycles. The summed E-state index contributed by atoms with van der Waals surface area (Å²) in [5.41, 5.74) is 1.75. The Hall–Kier alpha value is -2.05. The number of fused-ring (bicyclic) bond motifs is 2. The Morgan fingerprint density at radius 1 is 1.42 bits per heavy atom. The first-order valence-corrected chi connectivity index (χ1v) is 6.35. The van der Waals surface area contributed by atoms with Gasteiger partial charge in [0.1, 0.15) is 11.5 Å². The molecule has 2 aliphatic rings. The van der Waals surface area contributed by atoms with Gasteiger partial charge in [0.15, 0.2) is 5.78 Å². The van der Waals surface area contributed by atoms with Gasteiger partial charge in [-0.15, -0.1) is 0 Å². The minimum absolute atomic E-state index is 0.0253. The smallest absolute Gasteiger partial charge is 0.166 e. The topological polar surface area (TPSA) is 50.1 Å². The van der Waals surface area contributed by atoms with Crippen LogP contribution in [0.25, 0.3) is 0 Å². The number of hydrogen-bond acceptors (Lipinski definition) is 3. The van der Waals surface area contributed by atoms with Crippen LogP contribution in [0, 0.1) is 17.2 Å². The fraction of sp³-hybridized carbons (Fsp3) is 0.200. The normalized spacial score (nSPS) is 20.4. The molecule has 0 aromatic heterocycles. The lowest BCUT2D eigenvalue weighted by Gasteiger charge is -2.29. The van der Waals surface area contributed by atoms with E-state index in [9.17, 15) is 4.79 Å². The lowest BCUT2D eigenvalue weighted by atomic mass is 9.84. The molecule has 4 heteroatoms. The van der Waals surface area contributed by atoms with Gasteiger partial charge < -0.3 is 4.74 Å². The maximum absolute atomic E-state index is 11.9. The number of nitriles is 1. The second-order valence-electron chi connectivity index (χ2n) is 4.57. The zero-order chi connectivity index (χ0) is 13.4. The molecule has 3 nitrogen and oxygen atoms in total. The molecule has 1 aromatic rings. The van der Waals surface area contributed by atoms with E-state index < -0.39 is 0 Å². The van der Waals surface area contributed by atoms with Crippen LogP contribution in [0.3, 0.4) is 0 Å². The van der Waals surface area contributed by atoms with Crippen molar-refractivity contribution in [3.8, 4) is 11.8 Å². The molecular formula is C15H10ClNO2. The highest BCUT2D eigenvalue weighted by molar-refractivity contribution is 6.30. The van der Waals surface area contributed by atoms with Gasteiger partial charge >= 0.3 is 0 Å². The van der Waals surface area contributed by atoms with Crippen molar-refractivity contribution in [2.45, 2.75) is 12.8 Å². The number of nitrogens with zero attached hydrogens (tertiary/aromatic N) is 1. The third kappa shape index (κ3) is 2.05. The Kier molecular flexibility index (Phi) is 2.88. The van der Waals surface area contributed by atoms with E-state index in [0.717, 1.165) is 11.1 Å². The first-order valence-electron chi connectivity index (χ1n) is 5.97. The minimum Gasteiger partial charge on any atom is -0.460 e. The SMILES string of the molecule is N#CCC1=C2Oc3cc(Cl)ccc3CC2C(=O)C=C1. The molecule has 94 valence electrons. The summed E-state index contributed by atoms with van der Waals surface area (Å²) in [6.45, 7) is 0. The van der Waals surface area contributed by atoms with E-state index >= 15 is 0 Å². The second-order valence-corrected chi connectivity index (χ2v) is 5.01. The fourth-order valence-electron chi connectivity index (χ4n) is 2.43. The molecule has 0 radical (unpaired) electrons. The van der Waals surface area contributed by atoms with Gasteiger partial charge in [0, 0.05) is 10.6 Å². The number of hydrogen-bond donors (Lipinski definition) is 0. The van der Waals surface area contributed by atoms with Crippen LogP contribution < -0.4 is 4.74 Å². The number of carbonyl (C=O) groups is 1. The summed E-state index contributed by atoms with van der Waals surface area (Å²) in [7, 11) is 0. The highest BCUT2D eigenvalue weighted by Gasteiger charge is 2.33. The molecule has 3 rings (SSSR count). The number of allylic oxidation sites excluding steroid dienone is 4. The van der Waals surface area contributed by atoms with Crippen molar-refractivity contribution < 1.29 is 9.53 Å². The van der Waals surface area contributed by atoms with Crippen molar-refractivity contribution in [1.82, 2.24) is 0 Å². The van der Waals surface area contributed by atoms with Gasteiger partial charge in [0.25, 0.3) is 0 Å². The largest absolute Gasteiger partial charge is 0.460 e. The molecule has 0 bridgehead atoms. The van der Waals surface area contributed by atoms with Crippen LogP contribution in [0.15, 0.2) is 41.7 Å². The summed E-state index contributed by atoms with van der Waals surface area (Å²) < 4.78 is 5.82. The number of ether oxygens (including phenoxy) is 1. The summed E-state index contributed by atoms with van der Waals surface area (Å²) in [5.74, 6) is 1.00. The third-order valence-electron chi connectivity index (χ3n) is 3.37. The highest BCUT2D eigenvalue weighted by atomic mass is 35.5. The standard InChI is InChI=1S/C15H10ClNO2/c16-11-3-1-10-7-12-13(18)4-2-9(5-6-17)15(12)19-14(10)8-11/h1-4,8,12H,5,7H2. The third-order valence-corrected chi connectivity index (χ3v) is 3.60. The maximum atomic E-state index is 11.9. The second kappa shape index (κ2) is 4.56. The van der Waals surface area contributed by atoms with Gasteiger partial charge in [-0.05, 0) is 30.2 Å². The van der Waals surface area contributed by atoms with Crippen LogP contribution in [0.1, 0.15) is 12.0 Å². The molecule has 1 atom stereocenters. The predicted octanol–water partition coefficient (Wildman–Crippen LogP) is 3.20. The van der Waals surface area contributed by atoms with E-state index in [1.165, 1.54) is 6.08 Å². The van der Waals surface area contributed by atoms with E-state index in [4.69, 9.17) is 21.6 Å². The van der Waals surface area contributed by atoms with Gasteiger partial charge in [0.2, 0.25) is 0 Å². The summed E-state index contributed by atoms with van der Waals surface area (Å²) in [4.78, 5) is 11.9. The Balaban J connectivity index is 2.09. The van der Waals surface area contributed by atoms with Crippen molar-refractivity contribution in [3.63, 3.8) is 0 Å². The van der Waals surface area contributed by atoms with Crippen molar-refractivity contribution >= 4 is 17.4 Å². The van der Waals surface area contributed by atoms with Crippen molar-refractivity contribution in [2.24, 2.45) is 5.92 Å². The zero-order valence-corrected chi connectivity index (χ0v) is 10.8. The fourth-order valence-corrected chi connectivity index (χ4v) is 2.59. The number of rotatable bonds is 1. The molecular weight excluding hydrogens is 262 g/mol. The van der Waals surface area contributed by atoms with Crippen molar-refractivity contribution in [3.05, 3.63) is 52.3 Å². The quantitative estimate of drug-likeness (QED) is 0.788. The van der Waals surface area contributed by atoms with Gasteiger partial charge in [-0.2, -0.15) is 5.26 Å². The number of benzene rings is 1.